The molecule has 5 nitrogen and oxygen atoms in total. The number of hydrogen-bond donors (Lipinski definition) is 1. The Morgan fingerprint density at radius 1 is 1.24 bits per heavy atom. The predicted octanol–water partition coefficient (Wildman–Crippen LogP) is -0.471. The molecule has 2 aliphatic heterocycles. The number of carbonyl (C=O) groups excluding carboxylic acids is 1. The van der Waals surface area contributed by atoms with E-state index in [0.29, 0.717) is 12.6 Å². The van der Waals surface area contributed by atoms with Crippen molar-refractivity contribution < 1.29 is 9.53 Å². The maximum absolute atomic E-state index is 12.0. The topological polar surface area (TPSA) is 44.8 Å². The number of amides is 1. The van der Waals surface area contributed by atoms with E-state index in [4.69, 9.17) is 4.74 Å². The van der Waals surface area contributed by atoms with E-state index in [1.807, 2.05) is 4.90 Å². The standard InChI is InChI=1S/C12H23N3O2/c1-17-11-2-6-14(7-3-11)10-12(16)15-8-4-13-5-9-15/h11,13H,2-10H2,1H3. The van der Waals surface area contributed by atoms with Gasteiger partial charge in [0.2, 0.25) is 5.91 Å². The second-order valence-electron chi connectivity index (χ2n) is 4.84. The molecule has 17 heavy (non-hydrogen) atoms. The molecule has 1 amide bonds. The molecule has 0 radical (unpaired) electrons. The van der Waals surface area contributed by atoms with Gasteiger partial charge in [-0.3, -0.25) is 9.69 Å². The highest BCUT2D eigenvalue weighted by atomic mass is 16.5. The van der Waals surface area contributed by atoms with Gasteiger partial charge in [0.15, 0.2) is 0 Å². The highest BCUT2D eigenvalue weighted by molar-refractivity contribution is 5.78. The van der Waals surface area contributed by atoms with Gasteiger partial charge in [0.25, 0.3) is 0 Å². The van der Waals surface area contributed by atoms with E-state index >= 15 is 0 Å². The third-order valence-electron chi connectivity index (χ3n) is 3.70. The van der Waals surface area contributed by atoms with Crippen LogP contribution < -0.4 is 5.32 Å². The number of carbonyl (C=O) groups is 1. The average Bonchev–Trinajstić information content (AvgIpc) is 2.40. The number of nitrogens with one attached hydrogen (secondary N) is 1. The number of nitrogens with zero attached hydrogens (tertiary/aromatic N) is 2. The number of piperidine rings is 1. The summed E-state index contributed by atoms with van der Waals surface area (Å²) in [6.07, 6.45) is 2.48. The Hall–Kier alpha value is -0.650. The van der Waals surface area contributed by atoms with Crippen molar-refractivity contribution in [3.8, 4) is 0 Å². The van der Waals surface area contributed by atoms with E-state index in [9.17, 15) is 4.79 Å². The molecule has 2 fully saturated rings. The fourth-order valence-corrected chi connectivity index (χ4v) is 2.51. The summed E-state index contributed by atoms with van der Waals surface area (Å²) in [4.78, 5) is 16.3. The Morgan fingerprint density at radius 2 is 1.88 bits per heavy atom. The first-order valence-electron chi connectivity index (χ1n) is 6.53. The van der Waals surface area contributed by atoms with Gasteiger partial charge in [-0.25, -0.2) is 0 Å². The highest BCUT2D eigenvalue weighted by Gasteiger charge is 2.23. The monoisotopic (exact) mass is 241 g/mol. The van der Waals surface area contributed by atoms with Crippen LogP contribution in [0.25, 0.3) is 0 Å². The Labute approximate surface area is 103 Å². The Kier molecular flexibility index (Phi) is 4.76. The molecule has 2 heterocycles. The van der Waals surface area contributed by atoms with Crippen LogP contribution in [0.3, 0.4) is 0 Å². The Balaban J connectivity index is 1.71. The minimum absolute atomic E-state index is 0.280. The smallest absolute Gasteiger partial charge is 0.236 e. The molecule has 2 saturated heterocycles. The molecule has 0 unspecified atom stereocenters. The van der Waals surface area contributed by atoms with Crippen LogP contribution in [0.4, 0.5) is 0 Å². The first kappa shape index (κ1) is 12.8. The lowest BCUT2D eigenvalue weighted by Crippen LogP contribution is -2.50. The summed E-state index contributed by atoms with van der Waals surface area (Å²) in [7, 11) is 1.77. The Morgan fingerprint density at radius 3 is 2.47 bits per heavy atom. The molecule has 0 aromatic carbocycles. The van der Waals surface area contributed by atoms with Crippen LogP contribution in [-0.2, 0) is 9.53 Å². The molecule has 0 atom stereocenters. The summed E-state index contributed by atoms with van der Waals surface area (Å²) >= 11 is 0. The van der Waals surface area contributed by atoms with E-state index in [2.05, 4.69) is 10.2 Å². The molecular weight excluding hydrogens is 218 g/mol. The highest BCUT2D eigenvalue weighted by Crippen LogP contribution is 2.12. The summed E-state index contributed by atoms with van der Waals surface area (Å²) in [6, 6.07) is 0. The average molecular weight is 241 g/mol. The molecule has 98 valence electrons. The maximum atomic E-state index is 12.0. The van der Waals surface area contributed by atoms with Gasteiger partial charge in [-0.2, -0.15) is 0 Å². The normalized spacial score (nSPS) is 23.9. The van der Waals surface area contributed by atoms with Crippen molar-refractivity contribution in [2.24, 2.45) is 0 Å². The third kappa shape index (κ3) is 3.66. The minimum atomic E-state index is 0.280. The largest absolute Gasteiger partial charge is 0.381 e. The van der Waals surface area contributed by atoms with Crippen molar-refractivity contribution in [2.45, 2.75) is 18.9 Å². The molecule has 0 bridgehead atoms. The SMILES string of the molecule is COC1CCN(CC(=O)N2CCNCC2)CC1. The molecule has 0 aliphatic carbocycles. The van der Waals surface area contributed by atoms with Crippen molar-refractivity contribution in [1.82, 2.24) is 15.1 Å². The molecule has 2 rings (SSSR count). The fourth-order valence-electron chi connectivity index (χ4n) is 2.51. The first-order chi connectivity index (χ1) is 8.29. The number of piperazine rings is 1. The number of ether oxygens (including phenoxy) is 1. The van der Waals surface area contributed by atoms with Gasteiger partial charge in [0, 0.05) is 46.4 Å². The van der Waals surface area contributed by atoms with E-state index in [0.717, 1.165) is 52.1 Å². The number of methoxy groups -OCH3 is 1. The van der Waals surface area contributed by atoms with Crippen molar-refractivity contribution >= 4 is 5.91 Å². The summed E-state index contributed by atoms with van der Waals surface area (Å²) < 4.78 is 5.33. The van der Waals surface area contributed by atoms with E-state index < -0.39 is 0 Å². The number of hydrogen-bond acceptors (Lipinski definition) is 4. The second-order valence-corrected chi connectivity index (χ2v) is 4.84. The minimum Gasteiger partial charge on any atom is -0.381 e. The van der Waals surface area contributed by atoms with Crippen molar-refractivity contribution in [1.29, 1.82) is 0 Å². The van der Waals surface area contributed by atoms with Crippen LogP contribution in [0.5, 0.6) is 0 Å². The fraction of sp³-hybridized carbons (Fsp3) is 0.917. The van der Waals surface area contributed by atoms with Gasteiger partial charge in [0.05, 0.1) is 12.6 Å². The quantitative estimate of drug-likeness (QED) is 0.725. The van der Waals surface area contributed by atoms with Crippen LogP contribution in [0.1, 0.15) is 12.8 Å². The summed E-state index contributed by atoms with van der Waals surface area (Å²) in [5.74, 6) is 0.280. The number of rotatable bonds is 3. The van der Waals surface area contributed by atoms with Crippen molar-refractivity contribution in [2.75, 3.05) is 52.9 Å². The van der Waals surface area contributed by atoms with Gasteiger partial charge >= 0.3 is 0 Å². The van der Waals surface area contributed by atoms with Gasteiger partial charge in [-0.15, -0.1) is 0 Å². The Bertz CT molecular complexity index is 246. The zero-order valence-electron chi connectivity index (χ0n) is 10.7. The van der Waals surface area contributed by atoms with Gasteiger partial charge < -0.3 is 15.0 Å². The maximum Gasteiger partial charge on any atom is 0.236 e. The summed E-state index contributed by atoms with van der Waals surface area (Å²) in [5.41, 5.74) is 0. The molecule has 0 aromatic heterocycles. The van der Waals surface area contributed by atoms with Gasteiger partial charge in [-0.05, 0) is 12.8 Å². The van der Waals surface area contributed by atoms with Crippen LogP contribution in [-0.4, -0.2) is 74.7 Å². The molecular formula is C12H23N3O2. The van der Waals surface area contributed by atoms with E-state index in [1.165, 1.54) is 0 Å². The third-order valence-corrected chi connectivity index (χ3v) is 3.70. The summed E-state index contributed by atoms with van der Waals surface area (Å²) in [6.45, 7) is 6.11. The molecule has 0 aromatic rings. The van der Waals surface area contributed by atoms with Gasteiger partial charge in [-0.1, -0.05) is 0 Å². The van der Waals surface area contributed by atoms with Crippen LogP contribution >= 0.6 is 0 Å². The zero-order valence-corrected chi connectivity index (χ0v) is 10.7. The van der Waals surface area contributed by atoms with E-state index in [1.54, 1.807) is 7.11 Å². The first-order valence-corrected chi connectivity index (χ1v) is 6.53. The number of likely N-dealkylation sites (tertiary alicyclic amines) is 1. The van der Waals surface area contributed by atoms with Gasteiger partial charge in [0.1, 0.15) is 0 Å². The zero-order chi connectivity index (χ0) is 12.1. The predicted molar refractivity (Wildman–Crippen MR) is 65.9 cm³/mol. The van der Waals surface area contributed by atoms with Crippen LogP contribution in [0.15, 0.2) is 0 Å². The summed E-state index contributed by atoms with van der Waals surface area (Å²) in [5, 5.41) is 3.26. The molecule has 1 N–H and O–H groups in total. The molecule has 2 aliphatic rings. The van der Waals surface area contributed by atoms with Crippen LogP contribution in [0, 0.1) is 0 Å². The van der Waals surface area contributed by atoms with Crippen molar-refractivity contribution in [3.63, 3.8) is 0 Å². The van der Waals surface area contributed by atoms with Crippen LogP contribution in [0.2, 0.25) is 0 Å². The van der Waals surface area contributed by atoms with E-state index in [-0.39, 0.29) is 5.91 Å². The lowest BCUT2D eigenvalue weighted by atomic mass is 10.1. The van der Waals surface area contributed by atoms with Crippen molar-refractivity contribution in [3.05, 3.63) is 0 Å². The second kappa shape index (κ2) is 6.33. The molecule has 0 spiro atoms. The molecule has 5 heteroatoms. The lowest BCUT2D eigenvalue weighted by Gasteiger charge is -2.33. The lowest BCUT2D eigenvalue weighted by molar-refractivity contribution is -0.133. The molecule has 0 saturated carbocycles.